The summed E-state index contributed by atoms with van der Waals surface area (Å²) in [5, 5.41) is 10.8. The number of phenolic OH excluding ortho intramolecular Hbond substituents is 1. The Hall–Kier alpha value is -1.51. The minimum absolute atomic E-state index is 0.0536. The van der Waals surface area contributed by atoms with Crippen molar-refractivity contribution in [2.24, 2.45) is 5.92 Å². The van der Waals surface area contributed by atoms with Crippen LogP contribution in [0, 0.1) is 5.92 Å². The van der Waals surface area contributed by atoms with E-state index in [1.807, 2.05) is 6.07 Å². The molecule has 1 aromatic carbocycles. The highest BCUT2D eigenvalue weighted by molar-refractivity contribution is 5.74. The third-order valence-corrected chi connectivity index (χ3v) is 5.39. The lowest BCUT2D eigenvalue weighted by Gasteiger charge is -2.27. The monoisotopic (exact) mass is 404 g/mol. The van der Waals surface area contributed by atoms with Gasteiger partial charge in [-0.15, -0.1) is 0 Å². The van der Waals surface area contributed by atoms with Crippen molar-refractivity contribution in [3.63, 3.8) is 0 Å². The predicted molar refractivity (Wildman–Crippen MR) is 123 cm³/mol. The van der Waals surface area contributed by atoms with Crippen molar-refractivity contribution in [3.05, 3.63) is 28.8 Å². The second-order valence-electron chi connectivity index (χ2n) is 10.9. The molecule has 0 heterocycles. The number of esters is 1. The van der Waals surface area contributed by atoms with E-state index in [2.05, 4.69) is 61.5 Å². The molecule has 1 aromatic rings. The Balaban J connectivity index is 2.62. The molecular formula is C26H44O3. The van der Waals surface area contributed by atoms with Gasteiger partial charge in [0.1, 0.15) is 5.75 Å². The zero-order valence-electron chi connectivity index (χ0n) is 20.2. The summed E-state index contributed by atoms with van der Waals surface area (Å²) in [5.41, 5.74) is 2.43. The van der Waals surface area contributed by atoms with Crippen molar-refractivity contribution in [1.29, 1.82) is 0 Å². The highest BCUT2D eigenvalue weighted by Crippen LogP contribution is 2.37. The summed E-state index contributed by atoms with van der Waals surface area (Å²) in [4.78, 5) is 12.4. The molecule has 0 spiro atoms. The third-order valence-electron chi connectivity index (χ3n) is 5.39. The number of rotatable bonds is 10. The van der Waals surface area contributed by atoms with Gasteiger partial charge in [-0.05, 0) is 34.3 Å². The number of carbonyl (C=O) groups is 1. The highest BCUT2D eigenvalue weighted by Gasteiger charge is 2.25. The Morgan fingerprint density at radius 2 is 1.52 bits per heavy atom. The van der Waals surface area contributed by atoms with Crippen molar-refractivity contribution < 1.29 is 14.6 Å². The summed E-state index contributed by atoms with van der Waals surface area (Å²) in [6.45, 7) is 17.7. The molecule has 0 saturated carbocycles. The van der Waals surface area contributed by atoms with Crippen LogP contribution in [0.5, 0.6) is 5.75 Å². The Kier molecular flexibility index (Phi) is 9.71. The van der Waals surface area contributed by atoms with Crippen LogP contribution in [0.4, 0.5) is 0 Å². The van der Waals surface area contributed by atoms with Gasteiger partial charge in [-0.25, -0.2) is 0 Å². The zero-order valence-corrected chi connectivity index (χ0v) is 20.2. The summed E-state index contributed by atoms with van der Waals surface area (Å²) >= 11 is 0. The molecular weight excluding hydrogens is 360 g/mol. The van der Waals surface area contributed by atoms with Gasteiger partial charge in [0, 0.05) is 5.56 Å². The summed E-state index contributed by atoms with van der Waals surface area (Å²) in [6, 6.07) is 4.03. The van der Waals surface area contributed by atoms with Crippen LogP contribution in [0.15, 0.2) is 12.1 Å². The molecule has 0 aliphatic carbocycles. The first kappa shape index (κ1) is 25.5. The molecule has 0 saturated heterocycles. The van der Waals surface area contributed by atoms with E-state index in [0.29, 0.717) is 12.2 Å². The number of phenols is 1. The first-order valence-corrected chi connectivity index (χ1v) is 11.3. The van der Waals surface area contributed by atoms with E-state index in [1.54, 1.807) is 0 Å². The van der Waals surface area contributed by atoms with Crippen molar-refractivity contribution in [2.75, 3.05) is 6.61 Å². The predicted octanol–water partition coefficient (Wildman–Crippen LogP) is 7.07. The molecule has 1 rings (SSSR count). The molecule has 0 amide bonds. The van der Waals surface area contributed by atoms with Crippen molar-refractivity contribution in [3.8, 4) is 5.75 Å². The molecule has 0 bridgehead atoms. The van der Waals surface area contributed by atoms with Crippen molar-refractivity contribution in [1.82, 2.24) is 0 Å². The van der Waals surface area contributed by atoms with Gasteiger partial charge < -0.3 is 9.84 Å². The van der Waals surface area contributed by atoms with Crippen LogP contribution in [0.1, 0.15) is 111 Å². The molecule has 0 aromatic heterocycles. The van der Waals surface area contributed by atoms with E-state index in [4.69, 9.17) is 4.74 Å². The number of ether oxygens (including phenoxy) is 1. The van der Waals surface area contributed by atoms with Crippen LogP contribution in [-0.2, 0) is 26.8 Å². The lowest BCUT2D eigenvalue weighted by Crippen LogP contribution is -2.18. The van der Waals surface area contributed by atoms with E-state index in [1.165, 1.54) is 25.7 Å². The van der Waals surface area contributed by atoms with Gasteiger partial charge in [-0.2, -0.15) is 0 Å². The van der Waals surface area contributed by atoms with Gasteiger partial charge in [0.2, 0.25) is 0 Å². The first-order valence-electron chi connectivity index (χ1n) is 11.3. The molecule has 1 N–H and O–H groups in total. The SMILES string of the molecule is CC(C)CCCCCCCOC(=O)Cc1cc(C(C)(C)C)cc(C(C)(C)C)c1O. The standard InChI is InChI=1S/C26H44O3/c1-19(2)14-12-10-9-11-13-15-29-23(27)17-20-16-21(25(3,4)5)18-22(24(20)28)26(6,7)8/h16,18-19,28H,9-15,17H2,1-8H3. The first-order chi connectivity index (χ1) is 13.3. The Morgan fingerprint density at radius 3 is 2.07 bits per heavy atom. The van der Waals surface area contributed by atoms with Crippen LogP contribution in [0.25, 0.3) is 0 Å². The molecule has 3 nitrogen and oxygen atoms in total. The van der Waals surface area contributed by atoms with Crippen LogP contribution in [0.3, 0.4) is 0 Å². The number of benzene rings is 1. The summed E-state index contributed by atoms with van der Waals surface area (Å²) in [7, 11) is 0. The topological polar surface area (TPSA) is 46.5 Å². The van der Waals surface area contributed by atoms with E-state index in [0.717, 1.165) is 29.9 Å². The number of carbonyl (C=O) groups excluding carboxylic acids is 1. The minimum atomic E-state index is -0.258. The minimum Gasteiger partial charge on any atom is -0.507 e. The Labute approximate surface area is 179 Å². The molecule has 166 valence electrons. The van der Waals surface area contributed by atoms with Gasteiger partial charge in [-0.1, -0.05) is 99.6 Å². The normalized spacial score (nSPS) is 12.4. The smallest absolute Gasteiger partial charge is 0.310 e. The van der Waals surface area contributed by atoms with Crippen LogP contribution in [0.2, 0.25) is 0 Å². The summed E-state index contributed by atoms with van der Waals surface area (Å²) in [6.07, 6.45) is 7.18. The number of hydrogen-bond acceptors (Lipinski definition) is 3. The molecule has 0 aliphatic heterocycles. The van der Waals surface area contributed by atoms with Gasteiger partial charge in [0.05, 0.1) is 13.0 Å². The Bertz CT molecular complexity index is 645. The average molecular weight is 405 g/mol. The summed E-state index contributed by atoms with van der Waals surface area (Å²) in [5.74, 6) is 0.751. The Morgan fingerprint density at radius 1 is 0.931 bits per heavy atom. The van der Waals surface area contributed by atoms with E-state index < -0.39 is 0 Å². The lowest BCUT2D eigenvalue weighted by atomic mass is 9.78. The number of unbranched alkanes of at least 4 members (excludes halogenated alkanes) is 4. The molecule has 0 atom stereocenters. The lowest BCUT2D eigenvalue weighted by molar-refractivity contribution is -0.143. The zero-order chi connectivity index (χ0) is 22.2. The van der Waals surface area contributed by atoms with E-state index in [-0.39, 0.29) is 29.0 Å². The van der Waals surface area contributed by atoms with Crippen molar-refractivity contribution in [2.45, 2.75) is 111 Å². The maximum atomic E-state index is 12.4. The fourth-order valence-electron chi connectivity index (χ4n) is 3.41. The molecule has 0 fully saturated rings. The quantitative estimate of drug-likeness (QED) is 0.335. The van der Waals surface area contributed by atoms with Gasteiger partial charge >= 0.3 is 5.97 Å². The molecule has 0 unspecified atom stereocenters. The maximum absolute atomic E-state index is 12.4. The van der Waals surface area contributed by atoms with Gasteiger partial charge in [-0.3, -0.25) is 4.79 Å². The maximum Gasteiger partial charge on any atom is 0.310 e. The largest absolute Gasteiger partial charge is 0.507 e. The van der Waals surface area contributed by atoms with Gasteiger partial charge in [0.15, 0.2) is 0 Å². The third kappa shape index (κ3) is 9.23. The number of hydrogen-bond donors (Lipinski definition) is 1. The molecule has 0 aliphatic rings. The molecule has 0 radical (unpaired) electrons. The van der Waals surface area contributed by atoms with Crippen LogP contribution in [-0.4, -0.2) is 17.7 Å². The van der Waals surface area contributed by atoms with Gasteiger partial charge in [0.25, 0.3) is 0 Å². The van der Waals surface area contributed by atoms with E-state index in [9.17, 15) is 9.90 Å². The fraction of sp³-hybridized carbons (Fsp3) is 0.731. The molecule has 3 heteroatoms. The average Bonchev–Trinajstić information content (AvgIpc) is 2.56. The van der Waals surface area contributed by atoms with Crippen molar-refractivity contribution >= 4 is 5.97 Å². The fourth-order valence-corrected chi connectivity index (χ4v) is 3.41. The highest BCUT2D eigenvalue weighted by atomic mass is 16.5. The number of aromatic hydroxyl groups is 1. The van der Waals surface area contributed by atoms with E-state index >= 15 is 0 Å². The van der Waals surface area contributed by atoms with Crippen LogP contribution >= 0.6 is 0 Å². The second-order valence-corrected chi connectivity index (χ2v) is 10.9. The summed E-state index contributed by atoms with van der Waals surface area (Å²) < 4.78 is 5.45. The second kappa shape index (κ2) is 11.0. The molecule has 29 heavy (non-hydrogen) atoms. The van der Waals surface area contributed by atoms with Crippen LogP contribution < -0.4 is 0 Å².